The Hall–Kier alpha value is -0.450. The number of aryl methyl sites for hydroxylation is 1. The van der Waals surface area contributed by atoms with E-state index in [0.717, 1.165) is 12.2 Å². The van der Waals surface area contributed by atoms with E-state index < -0.39 is 0 Å². The van der Waals surface area contributed by atoms with Gasteiger partial charge in [-0.2, -0.15) is 0 Å². The van der Waals surface area contributed by atoms with E-state index in [1.54, 1.807) is 11.3 Å². The fourth-order valence-corrected chi connectivity index (χ4v) is 3.26. The molecule has 17 heavy (non-hydrogen) atoms. The average Bonchev–Trinajstić information content (AvgIpc) is 2.91. The lowest BCUT2D eigenvalue weighted by atomic mass is 10.2. The van der Waals surface area contributed by atoms with E-state index in [1.165, 1.54) is 43.9 Å². The molecule has 1 unspecified atom stereocenters. The van der Waals surface area contributed by atoms with E-state index in [0.29, 0.717) is 6.04 Å². The minimum Gasteiger partial charge on any atom is -0.313 e. The van der Waals surface area contributed by atoms with Gasteiger partial charge in [0, 0.05) is 23.7 Å². The summed E-state index contributed by atoms with van der Waals surface area (Å²) < 4.78 is 0. The van der Waals surface area contributed by atoms with Gasteiger partial charge in [0.1, 0.15) is 5.01 Å². The molecular weight excluding hydrogens is 230 g/mol. The van der Waals surface area contributed by atoms with Crippen LogP contribution in [0.1, 0.15) is 36.9 Å². The SMILES string of the molecule is CCCN(Cc1nc(C)cs1)CC1CCCN1. The van der Waals surface area contributed by atoms with Crippen LogP contribution in [0.5, 0.6) is 0 Å². The van der Waals surface area contributed by atoms with Gasteiger partial charge in [-0.1, -0.05) is 6.92 Å². The van der Waals surface area contributed by atoms with Crippen LogP contribution in [0.2, 0.25) is 0 Å². The number of nitrogens with one attached hydrogen (secondary N) is 1. The molecule has 1 aromatic heterocycles. The summed E-state index contributed by atoms with van der Waals surface area (Å²) in [6.45, 7) is 8.89. The molecule has 0 aliphatic carbocycles. The third-order valence-corrected chi connectivity index (χ3v) is 4.16. The fourth-order valence-electron chi connectivity index (χ4n) is 2.44. The summed E-state index contributed by atoms with van der Waals surface area (Å²) in [6, 6.07) is 0.697. The quantitative estimate of drug-likeness (QED) is 0.844. The predicted molar refractivity (Wildman–Crippen MR) is 73.4 cm³/mol. The second-order valence-electron chi connectivity index (χ2n) is 4.91. The molecule has 2 rings (SSSR count). The molecule has 1 aliphatic heterocycles. The minimum atomic E-state index is 0.697. The number of aromatic nitrogens is 1. The van der Waals surface area contributed by atoms with Crippen molar-refractivity contribution in [3.63, 3.8) is 0 Å². The van der Waals surface area contributed by atoms with Crippen molar-refractivity contribution in [1.82, 2.24) is 15.2 Å². The second-order valence-corrected chi connectivity index (χ2v) is 5.85. The Balaban J connectivity index is 1.87. The first kappa shape index (κ1) is 13.0. The highest BCUT2D eigenvalue weighted by Crippen LogP contribution is 2.14. The Morgan fingerprint density at radius 2 is 2.47 bits per heavy atom. The van der Waals surface area contributed by atoms with E-state index in [1.807, 2.05) is 0 Å². The lowest BCUT2D eigenvalue weighted by Crippen LogP contribution is -2.37. The van der Waals surface area contributed by atoms with Crippen LogP contribution in [0.3, 0.4) is 0 Å². The molecule has 2 heterocycles. The van der Waals surface area contributed by atoms with Gasteiger partial charge >= 0.3 is 0 Å². The van der Waals surface area contributed by atoms with Crippen LogP contribution in [-0.2, 0) is 6.54 Å². The Kier molecular flexibility index (Phi) is 4.95. The standard InChI is InChI=1S/C13H23N3S/c1-3-7-16(8-12-5-4-6-14-12)9-13-15-11(2)10-17-13/h10,12,14H,3-9H2,1-2H3. The molecule has 1 aliphatic rings. The van der Waals surface area contributed by atoms with Crippen LogP contribution >= 0.6 is 11.3 Å². The molecular formula is C13H23N3S. The summed E-state index contributed by atoms with van der Waals surface area (Å²) in [4.78, 5) is 7.11. The van der Waals surface area contributed by atoms with Crippen molar-refractivity contribution in [2.24, 2.45) is 0 Å². The number of thiazole rings is 1. The zero-order valence-corrected chi connectivity index (χ0v) is 11.7. The van der Waals surface area contributed by atoms with E-state index >= 15 is 0 Å². The van der Waals surface area contributed by atoms with Gasteiger partial charge in [-0.05, 0) is 39.3 Å². The van der Waals surface area contributed by atoms with Gasteiger partial charge < -0.3 is 5.32 Å². The molecule has 1 fully saturated rings. The molecule has 4 heteroatoms. The van der Waals surface area contributed by atoms with Gasteiger partial charge in [-0.25, -0.2) is 4.98 Å². The highest BCUT2D eigenvalue weighted by atomic mass is 32.1. The number of rotatable bonds is 6. The normalized spacial score (nSPS) is 20.3. The topological polar surface area (TPSA) is 28.2 Å². The van der Waals surface area contributed by atoms with Gasteiger partial charge in [0.25, 0.3) is 0 Å². The summed E-state index contributed by atoms with van der Waals surface area (Å²) >= 11 is 1.79. The van der Waals surface area contributed by atoms with Gasteiger partial charge in [-0.15, -0.1) is 11.3 Å². The first-order valence-electron chi connectivity index (χ1n) is 6.64. The number of hydrogen-bond acceptors (Lipinski definition) is 4. The smallest absolute Gasteiger partial charge is 0.107 e. The predicted octanol–water partition coefficient (Wildman–Crippen LogP) is 2.42. The van der Waals surface area contributed by atoms with Crippen molar-refractivity contribution in [2.45, 2.75) is 45.7 Å². The lowest BCUT2D eigenvalue weighted by molar-refractivity contribution is 0.241. The van der Waals surface area contributed by atoms with Gasteiger partial charge in [0.2, 0.25) is 0 Å². The highest BCUT2D eigenvalue weighted by Gasteiger charge is 2.18. The van der Waals surface area contributed by atoms with Gasteiger partial charge in [-0.3, -0.25) is 4.90 Å². The monoisotopic (exact) mass is 253 g/mol. The molecule has 96 valence electrons. The molecule has 0 aromatic carbocycles. The van der Waals surface area contributed by atoms with Crippen molar-refractivity contribution < 1.29 is 0 Å². The molecule has 1 saturated heterocycles. The van der Waals surface area contributed by atoms with Crippen molar-refractivity contribution in [3.05, 3.63) is 16.1 Å². The number of hydrogen-bond donors (Lipinski definition) is 1. The van der Waals surface area contributed by atoms with Crippen LogP contribution < -0.4 is 5.32 Å². The van der Waals surface area contributed by atoms with Crippen LogP contribution in [0.15, 0.2) is 5.38 Å². The zero-order chi connectivity index (χ0) is 12.1. The van der Waals surface area contributed by atoms with E-state index in [-0.39, 0.29) is 0 Å². The molecule has 3 nitrogen and oxygen atoms in total. The summed E-state index contributed by atoms with van der Waals surface area (Å²) in [5, 5.41) is 6.98. The Bertz CT molecular complexity index is 331. The maximum atomic E-state index is 4.56. The Morgan fingerprint density at radius 1 is 1.59 bits per heavy atom. The largest absolute Gasteiger partial charge is 0.313 e. The molecule has 1 aromatic rings. The maximum absolute atomic E-state index is 4.56. The van der Waals surface area contributed by atoms with Gasteiger partial charge in [0.15, 0.2) is 0 Å². The van der Waals surface area contributed by atoms with E-state index in [2.05, 4.69) is 34.4 Å². The van der Waals surface area contributed by atoms with Crippen LogP contribution in [0.4, 0.5) is 0 Å². The molecule has 1 atom stereocenters. The Morgan fingerprint density at radius 3 is 3.06 bits per heavy atom. The molecule has 0 bridgehead atoms. The summed E-state index contributed by atoms with van der Waals surface area (Å²) in [6.07, 6.45) is 3.88. The first-order valence-corrected chi connectivity index (χ1v) is 7.52. The van der Waals surface area contributed by atoms with Crippen LogP contribution in [-0.4, -0.2) is 35.6 Å². The van der Waals surface area contributed by atoms with Crippen molar-refractivity contribution in [3.8, 4) is 0 Å². The minimum absolute atomic E-state index is 0.697. The highest BCUT2D eigenvalue weighted by molar-refractivity contribution is 7.09. The van der Waals surface area contributed by atoms with Crippen molar-refractivity contribution in [1.29, 1.82) is 0 Å². The van der Waals surface area contributed by atoms with Crippen LogP contribution in [0.25, 0.3) is 0 Å². The fraction of sp³-hybridized carbons (Fsp3) is 0.769. The molecule has 0 amide bonds. The Labute approximate surface area is 108 Å². The van der Waals surface area contributed by atoms with E-state index in [4.69, 9.17) is 0 Å². The lowest BCUT2D eigenvalue weighted by Gasteiger charge is -2.24. The number of nitrogens with zero attached hydrogens (tertiary/aromatic N) is 2. The average molecular weight is 253 g/mol. The maximum Gasteiger partial charge on any atom is 0.107 e. The molecule has 0 saturated carbocycles. The molecule has 1 N–H and O–H groups in total. The van der Waals surface area contributed by atoms with E-state index in [9.17, 15) is 0 Å². The third kappa shape index (κ3) is 4.05. The summed E-state index contributed by atoms with van der Waals surface area (Å²) in [5.74, 6) is 0. The molecule has 0 spiro atoms. The zero-order valence-electron chi connectivity index (χ0n) is 10.9. The summed E-state index contributed by atoms with van der Waals surface area (Å²) in [7, 11) is 0. The molecule has 0 radical (unpaired) electrons. The second kappa shape index (κ2) is 6.47. The van der Waals surface area contributed by atoms with Crippen molar-refractivity contribution >= 4 is 11.3 Å². The third-order valence-electron chi connectivity index (χ3n) is 3.21. The van der Waals surface area contributed by atoms with Gasteiger partial charge in [0.05, 0.1) is 6.54 Å². The summed E-state index contributed by atoms with van der Waals surface area (Å²) in [5.41, 5.74) is 1.15. The van der Waals surface area contributed by atoms with Crippen molar-refractivity contribution in [2.75, 3.05) is 19.6 Å². The van der Waals surface area contributed by atoms with Crippen LogP contribution in [0, 0.1) is 6.92 Å². The first-order chi connectivity index (χ1) is 8.28.